The van der Waals surface area contributed by atoms with E-state index >= 15 is 0 Å². The number of nitrogens with zero attached hydrogens (tertiary/aromatic N) is 2. The van der Waals surface area contributed by atoms with E-state index in [1.54, 1.807) is 18.3 Å². The van der Waals surface area contributed by atoms with Crippen LogP contribution in [0, 0.1) is 0 Å². The van der Waals surface area contributed by atoms with Crippen molar-refractivity contribution in [1.82, 2.24) is 14.6 Å². The maximum atomic E-state index is 12.4. The monoisotopic (exact) mass is 285 g/mol. The molecule has 1 aliphatic heterocycles. The Bertz CT molecular complexity index is 493. The second-order valence-electron chi connectivity index (χ2n) is 4.41. The first-order valence-electron chi connectivity index (χ1n) is 6.32. The summed E-state index contributed by atoms with van der Waals surface area (Å²) < 4.78 is 31.5. The molecule has 1 aliphatic rings. The molecule has 1 aromatic rings. The van der Waals surface area contributed by atoms with E-state index in [0.717, 1.165) is 12.0 Å². The van der Waals surface area contributed by atoms with Crippen LogP contribution in [0.4, 0.5) is 0 Å². The van der Waals surface area contributed by atoms with Crippen LogP contribution >= 0.6 is 0 Å². The van der Waals surface area contributed by atoms with E-state index in [1.807, 2.05) is 7.05 Å². The number of rotatable bonds is 4. The Morgan fingerprint density at radius 1 is 1.37 bits per heavy atom. The molecular formula is C12H19N3O3S. The van der Waals surface area contributed by atoms with Gasteiger partial charge in [-0.15, -0.1) is 0 Å². The maximum absolute atomic E-state index is 12.4. The lowest BCUT2D eigenvalue weighted by Gasteiger charge is -2.18. The first-order chi connectivity index (χ1) is 9.14. The number of nitrogens with one attached hydrogen (secondary N) is 1. The average molecular weight is 285 g/mol. The molecule has 0 amide bonds. The summed E-state index contributed by atoms with van der Waals surface area (Å²) in [6.45, 7) is 2.60. The minimum absolute atomic E-state index is 0.106. The van der Waals surface area contributed by atoms with Crippen LogP contribution in [-0.2, 0) is 21.3 Å². The summed E-state index contributed by atoms with van der Waals surface area (Å²) in [5.74, 6) is 0. The van der Waals surface area contributed by atoms with Gasteiger partial charge in [0.1, 0.15) is 0 Å². The molecule has 1 aromatic heterocycles. The molecule has 7 heteroatoms. The van der Waals surface area contributed by atoms with Gasteiger partial charge in [0.2, 0.25) is 0 Å². The van der Waals surface area contributed by atoms with Crippen molar-refractivity contribution < 1.29 is 13.2 Å². The van der Waals surface area contributed by atoms with E-state index < -0.39 is 10.0 Å². The van der Waals surface area contributed by atoms with Crippen LogP contribution in [0.1, 0.15) is 12.0 Å². The van der Waals surface area contributed by atoms with Crippen molar-refractivity contribution in [1.29, 1.82) is 0 Å². The summed E-state index contributed by atoms with van der Waals surface area (Å²) in [4.78, 5) is 4.06. The molecule has 1 N–H and O–H groups in total. The third-order valence-electron chi connectivity index (χ3n) is 2.96. The Balaban J connectivity index is 2.18. The van der Waals surface area contributed by atoms with E-state index in [9.17, 15) is 8.42 Å². The molecule has 0 atom stereocenters. The average Bonchev–Trinajstić information content (AvgIpc) is 2.69. The molecule has 6 nitrogen and oxygen atoms in total. The third kappa shape index (κ3) is 3.50. The van der Waals surface area contributed by atoms with E-state index in [4.69, 9.17) is 4.74 Å². The first-order valence-corrected chi connectivity index (χ1v) is 7.76. The lowest BCUT2D eigenvalue weighted by atomic mass is 10.3. The summed E-state index contributed by atoms with van der Waals surface area (Å²) in [5, 5.41) is 3.10. The van der Waals surface area contributed by atoms with Crippen molar-refractivity contribution in [2.24, 2.45) is 0 Å². The molecule has 1 fully saturated rings. The molecule has 2 heterocycles. The quantitative estimate of drug-likeness (QED) is 0.856. The molecule has 0 aromatic carbocycles. The highest BCUT2D eigenvalue weighted by molar-refractivity contribution is 7.89. The minimum Gasteiger partial charge on any atom is -0.380 e. The predicted octanol–water partition coefficient (Wildman–Crippen LogP) is 0.212. The molecule has 0 bridgehead atoms. The molecule has 0 spiro atoms. The standard InChI is InChI=1S/C12H19N3O3S/c1-13-9-11-3-4-12(14-10-11)19(16,17)15-5-2-7-18-8-6-15/h3-4,10,13H,2,5-9H2,1H3. The largest absolute Gasteiger partial charge is 0.380 e. The molecule has 0 unspecified atom stereocenters. The summed E-state index contributed by atoms with van der Waals surface area (Å²) in [7, 11) is -1.66. The molecule has 0 aliphatic carbocycles. The Hall–Kier alpha value is -1.02. The number of sulfonamides is 1. The summed E-state index contributed by atoms with van der Waals surface area (Å²) in [6.07, 6.45) is 2.31. The van der Waals surface area contributed by atoms with Gasteiger partial charge in [0.15, 0.2) is 5.03 Å². The summed E-state index contributed by atoms with van der Waals surface area (Å²) in [5.41, 5.74) is 0.959. The first kappa shape index (κ1) is 14.4. The lowest BCUT2D eigenvalue weighted by molar-refractivity contribution is 0.148. The number of aromatic nitrogens is 1. The Labute approximate surface area is 113 Å². The molecule has 106 valence electrons. The topological polar surface area (TPSA) is 71.5 Å². The summed E-state index contributed by atoms with van der Waals surface area (Å²) in [6, 6.07) is 3.35. The highest BCUT2D eigenvalue weighted by atomic mass is 32.2. The highest BCUT2D eigenvalue weighted by Gasteiger charge is 2.26. The van der Waals surface area contributed by atoms with Crippen molar-refractivity contribution in [2.75, 3.05) is 33.4 Å². The normalized spacial score (nSPS) is 18.2. The van der Waals surface area contributed by atoms with E-state index in [0.29, 0.717) is 32.8 Å². The van der Waals surface area contributed by atoms with E-state index in [-0.39, 0.29) is 5.03 Å². The number of hydrogen-bond acceptors (Lipinski definition) is 5. The van der Waals surface area contributed by atoms with Crippen molar-refractivity contribution in [3.63, 3.8) is 0 Å². The highest BCUT2D eigenvalue weighted by Crippen LogP contribution is 2.15. The Morgan fingerprint density at radius 2 is 2.21 bits per heavy atom. The summed E-state index contributed by atoms with van der Waals surface area (Å²) >= 11 is 0. The fraction of sp³-hybridized carbons (Fsp3) is 0.583. The van der Waals surface area contributed by atoms with Gasteiger partial charge in [0, 0.05) is 32.4 Å². The molecular weight excluding hydrogens is 266 g/mol. The number of ether oxygens (including phenoxy) is 1. The van der Waals surface area contributed by atoms with Crippen LogP contribution in [0.25, 0.3) is 0 Å². The van der Waals surface area contributed by atoms with Crippen molar-refractivity contribution >= 4 is 10.0 Å². The molecule has 0 saturated carbocycles. The van der Waals surface area contributed by atoms with Gasteiger partial charge in [0.05, 0.1) is 6.61 Å². The zero-order valence-electron chi connectivity index (χ0n) is 11.0. The lowest BCUT2D eigenvalue weighted by Crippen LogP contribution is -2.33. The number of hydrogen-bond donors (Lipinski definition) is 1. The third-order valence-corrected chi connectivity index (χ3v) is 4.78. The molecule has 19 heavy (non-hydrogen) atoms. The van der Waals surface area contributed by atoms with Crippen LogP contribution in [0.5, 0.6) is 0 Å². The van der Waals surface area contributed by atoms with Crippen LogP contribution in [0.2, 0.25) is 0 Å². The fourth-order valence-corrected chi connectivity index (χ4v) is 3.34. The zero-order chi connectivity index (χ0) is 13.7. The Kier molecular flexibility index (Phi) is 4.87. The SMILES string of the molecule is CNCc1ccc(S(=O)(=O)N2CCCOCC2)nc1. The van der Waals surface area contributed by atoms with E-state index in [2.05, 4.69) is 10.3 Å². The second-order valence-corrected chi connectivity index (χ2v) is 6.29. The van der Waals surface area contributed by atoms with Crippen molar-refractivity contribution in [3.05, 3.63) is 23.9 Å². The van der Waals surface area contributed by atoms with Gasteiger partial charge in [-0.25, -0.2) is 13.4 Å². The maximum Gasteiger partial charge on any atom is 0.260 e. The molecule has 1 saturated heterocycles. The van der Waals surface area contributed by atoms with Crippen LogP contribution < -0.4 is 5.32 Å². The number of pyridine rings is 1. The van der Waals surface area contributed by atoms with Gasteiger partial charge in [0.25, 0.3) is 10.0 Å². The zero-order valence-corrected chi connectivity index (χ0v) is 11.8. The Morgan fingerprint density at radius 3 is 2.89 bits per heavy atom. The minimum atomic E-state index is -3.50. The second kappa shape index (κ2) is 6.42. The smallest absolute Gasteiger partial charge is 0.260 e. The van der Waals surface area contributed by atoms with Crippen molar-refractivity contribution in [2.45, 2.75) is 18.0 Å². The van der Waals surface area contributed by atoms with Crippen molar-refractivity contribution in [3.8, 4) is 0 Å². The van der Waals surface area contributed by atoms with Gasteiger partial charge in [-0.2, -0.15) is 4.31 Å². The van der Waals surface area contributed by atoms with Crippen LogP contribution in [0.15, 0.2) is 23.4 Å². The van der Waals surface area contributed by atoms with Gasteiger partial charge in [-0.1, -0.05) is 6.07 Å². The van der Waals surface area contributed by atoms with Gasteiger partial charge in [-0.3, -0.25) is 0 Å². The van der Waals surface area contributed by atoms with Gasteiger partial charge < -0.3 is 10.1 Å². The van der Waals surface area contributed by atoms with Crippen LogP contribution in [-0.4, -0.2) is 51.1 Å². The molecule has 2 rings (SSSR count). The van der Waals surface area contributed by atoms with Crippen LogP contribution in [0.3, 0.4) is 0 Å². The predicted molar refractivity (Wildman–Crippen MR) is 71.2 cm³/mol. The van der Waals surface area contributed by atoms with Gasteiger partial charge >= 0.3 is 0 Å². The molecule has 0 radical (unpaired) electrons. The van der Waals surface area contributed by atoms with Gasteiger partial charge in [-0.05, 0) is 25.1 Å². The van der Waals surface area contributed by atoms with E-state index in [1.165, 1.54) is 4.31 Å². The fourth-order valence-electron chi connectivity index (χ4n) is 1.97.